The number of amides is 1. The molecule has 1 aliphatic heterocycles. The topological polar surface area (TPSA) is 62.5 Å². The molecular formula is C11H18N4O2. The first-order valence-electron chi connectivity index (χ1n) is 5.71. The van der Waals surface area contributed by atoms with E-state index in [9.17, 15) is 4.79 Å². The van der Waals surface area contributed by atoms with Crippen LogP contribution in [0.25, 0.3) is 0 Å². The number of nitrogens with zero attached hydrogens (tertiary/aromatic N) is 4. The Balaban J connectivity index is 2.13. The van der Waals surface area contributed by atoms with Gasteiger partial charge in [0, 0.05) is 27.1 Å². The lowest BCUT2D eigenvalue weighted by Gasteiger charge is -2.44. The minimum atomic E-state index is -0.518. The van der Waals surface area contributed by atoms with Gasteiger partial charge in [0.15, 0.2) is 0 Å². The van der Waals surface area contributed by atoms with Crippen molar-refractivity contribution >= 4 is 5.91 Å². The molecule has 0 aromatic carbocycles. The number of piperazine rings is 1. The molecule has 1 aromatic heterocycles. The molecule has 0 N–H and O–H groups in total. The van der Waals surface area contributed by atoms with Gasteiger partial charge in [-0.15, -0.1) is 10.2 Å². The van der Waals surface area contributed by atoms with E-state index in [0.717, 1.165) is 13.1 Å². The highest BCUT2D eigenvalue weighted by molar-refractivity contribution is 5.86. The molecule has 0 saturated carbocycles. The zero-order valence-electron chi connectivity index (χ0n) is 10.7. The van der Waals surface area contributed by atoms with Crippen molar-refractivity contribution in [1.29, 1.82) is 0 Å². The Bertz CT molecular complexity index is 427. The molecule has 0 radical (unpaired) electrons. The van der Waals surface area contributed by atoms with Gasteiger partial charge in [-0.05, 0) is 13.8 Å². The Labute approximate surface area is 101 Å². The molecule has 1 saturated heterocycles. The first kappa shape index (κ1) is 12.0. The molecule has 0 aliphatic carbocycles. The number of aromatic nitrogens is 2. The molecule has 6 nitrogen and oxygen atoms in total. The van der Waals surface area contributed by atoms with Gasteiger partial charge < -0.3 is 9.32 Å². The second-order valence-electron chi connectivity index (χ2n) is 4.92. The van der Waals surface area contributed by atoms with E-state index in [1.165, 1.54) is 0 Å². The molecule has 17 heavy (non-hydrogen) atoms. The molecule has 2 rings (SSSR count). The molecule has 0 unspecified atom stereocenters. The number of hydrogen-bond acceptors (Lipinski definition) is 5. The highest BCUT2D eigenvalue weighted by Gasteiger charge is 2.40. The van der Waals surface area contributed by atoms with E-state index < -0.39 is 5.54 Å². The number of aryl methyl sites for hydroxylation is 1. The van der Waals surface area contributed by atoms with Crippen molar-refractivity contribution in [2.75, 3.05) is 20.1 Å². The minimum Gasteiger partial charge on any atom is -0.424 e. The van der Waals surface area contributed by atoms with E-state index in [1.54, 1.807) is 11.8 Å². The van der Waals surface area contributed by atoms with Crippen LogP contribution in [-0.2, 0) is 11.3 Å². The Kier molecular flexibility index (Phi) is 2.91. The van der Waals surface area contributed by atoms with Crippen LogP contribution >= 0.6 is 0 Å². The SMILES string of the molecule is Cc1nnc(CN2CCN(C)C(=O)C2(C)C)o1. The van der Waals surface area contributed by atoms with Crippen LogP contribution in [0.2, 0.25) is 0 Å². The Morgan fingerprint density at radius 2 is 2.06 bits per heavy atom. The van der Waals surface area contributed by atoms with Crippen LogP contribution in [0.4, 0.5) is 0 Å². The predicted octanol–water partition coefficient (Wildman–Crippen LogP) is 0.431. The molecule has 2 heterocycles. The van der Waals surface area contributed by atoms with Crippen LogP contribution < -0.4 is 0 Å². The molecule has 0 bridgehead atoms. The van der Waals surface area contributed by atoms with Crippen molar-refractivity contribution < 1.29 is 9.21 Å². The Hall–Kier alpha value is -1.43. The summed E-state index contributed by atoms with van der Waals surface area (Å²) < 4.78 is 5.35. The van der Waals surface area contributed by atoms with Gasteiger partial charge in [-0.25, -0.2) is 0 Å². The van der Waals surface area contributed by atoms with E-state index in [-0.39, 0.29) is 5.91 Å². The normalized spacial score (nSPS) is 20.9. The Morgan fingerprint density at radius 3 is 2.65 bits per heavy atom. The van der Waals surface area contributed by atoms with Crippen molar-refractivity contribution in [1.82, 2.24) is 20.0 Å². The first-order valence-corrected chi connectivity index (χ1v) is 5.71. The highest BCUT2D eigenvalue weighted by atomic mass is 16.4. The van der Waals surface area contributed by atoms with Crippen molar-refractivity contribution in [2.45, 2.75) is 32.9 Å². The summed E-state index contributed by atoms with van der Waals surface area (Å²) in [6.45, 7) is 7.68. The summed E-state index contributed by atoms with van der Waals surface area (Å²) in [4.78, 5) is 15.9. The van der Waals surface area contributed by atoms with E-state index in [4.69, 9.17) is 4.42 Å². The predicted molar refractivity (Wildman–Crippen MR) is 61.2 cm³/mol. The third-order valence-electron chi connectivity index (χ3n) is 3.26. The van der Waals surface area contributed by atoms with Crippen molar-refractivity contribution in [3.05, 3.63) is 11.8 Å². The fraction of sp³-hybridized carbons (Fsp3) is 0.727. The number of rotatable bonds is 2. The molecule has 1 fully saturated rings. The average Bonchev–Trinajstić information content (AvgIpc) is 2.66. The summed E-state index contributed by atoms with van der Waals surface area (Å²) in [5.74, 6) is 1.24. The maximum Gasteiger partial charge on any atom is 0.242 e. The summed E-state index contributed by atoms with van der Waals surface area (Å²) in [6.07, 6.45) is 0. The summed E-state index contributed by atoms with van der Waals surface area (Å²) in [5.41, 5.74) is -0.518. The van der Waals surface area contributed by atoms with Crippen LogP contribution in [0.3, 0.4) is 0 Å². The summed E-state index contributed by atoms with van der Waals surface area (Å²) in [7, 11) is 1.83. The van der Waals surface area contributed by atoms with Gasteiger partial charge in [-0.3, -0.25) is 9.69 Å². The molecule has 0 atom stereocenters. The maximum atomic E-state index is 12.1. The summed E-state index contributed by atoms with van der Waals surface area (Å²) in [5, 5.41) is 7.76. The fourth-order valence-corrected chi connectivity index (χ4v) is 2.10. The van der Waals surface area contributed by atoms with Gasteiger partial charge in [0.2, 0.25) is 17.7 Å². The zero-order valence-corrected chi connectivity index (χ0v) is 10.7. The monoisotopic (exact) mass is 238 g/mol. The van der Waals surface area contributed by atoms with Gasteiger partial charge in [-0.1, -0.05) is 0 Å². The second-order valence-corrected chi connectivity index (χ2v) is 4.92. The molecular weight excluding hydrogens is 220 g/mol. The van der Waals surface area contributed by atoms with Gasteiger partial charge >= 0.3 is 0 Å². The molecule has 0 spiro atoms. The van der Waals surface area contributed by atoms with Crippen LogP contribution in [-0.4, -0.2) is 51.6 Å². The van der Waals surface area contributed by atoms with E-state index in [0.29, 0.717) is 18.3 Å². The molecule has 94 valence electrons. The van der Waals surface area contributed by atoms with Crippen molar-refractivity contribution in [3.63, 3.8) is 0 Å². The average molecular weight is 238 g/mol. The summed E-state index contributed by atoms with van der Waals surface area (Å²) in [6, 6.07) is 0. The van der Waals surface area contributed by atoms with E-state index >= 15 is 0 Å². The lowest BCUT2D eigenvalue weighted by Crippen LogP contribution is -2.61. The highest BCUT2D eigenvalue weighted by Crippen LogP contribution is 2.23. The lowest BCUT2D eigenvalue weighted by molar-refractivity contribution is -0.147. The molecule has 1 aliphatic rings. The fourth-order valence-electron chi connectivity index (χ4n) is 2.10. The number of hydrogen-bond donors (Lipinski definition) is 0. The zero-order chi connectivity index (χ0) is 12.6. The second kappa shape index (κ2) is 4.10. The van der Waals surface area contributed by atoms with Gasteiger partial charge in [-0.2, -0.15) is 0 Å². The third kappa shape index (κ3) is 2.17. The Morgan fingerprint density at radius 1 is 1.35 bits per heavy atom. The van der Waals surface area contributed by atoms with Crippen LogP contribution in [0.5, 0.6) is 0 Å². The number of carbonyl (C=O) groups excluding carboxylic acids is 1. The minimum absolute atomic E-state index is 0.125. The van der Waals surface area contributed by atoms with Crippen molar-refractivity contribution in [2.24, 2.45) is 0 Å². The third-order valence-corrected chi connectivity index (χ3v) is 3.26. The van der Waals surface area contributed by atoms with Crippen LogP contribution in [0.15, 0.2) is 4.42 Å². The standard InChI is InChI=1S/C11H18N4O2/c1-8-12-13-9(17-8)7-15-6-5-14(4)10(16)11(15,2)3/h5-7H2,1-4H3. The number of carbonyl (C=O) groups is 1. The molecule has 1 amide bonds. The smallest absolute Gasteiger partial charge is 0.242 e. The van der Waals surface area contributed by atoms with Crippen LogP contribution in [0, 0.1) is 6.92 Å². The van der Waals surface area contributed by atoms with E-state index in [2.05, 4.69) is 15.1 Å². The van der Waals surface area contributed by atoms with Crippen LogP contribution in [0.1, 0.15) is 25.6 Å². The lowest BCUT2D eigenvalue weighted by atomic mass is 9.98. The molecule has 1 aromatic rings. The maximum absolute atomic E-state index is 12.1. The van der Waals surface area contributed by atoms with E-state index in [1.807, 2.05) is 20.9 Å². The quantitative estimate of drug-likeness (QED) is 0.747. The van der Waals surface area contributed by atoms with Gasteiger partial charge in [0.25, 0.3) is 0 Å². The largest absolute Gasteiger partial charge is 0.424 e. The van der Waals surface area contributed by atoms with Crippen molar-refractivity contribution in [3.8, 4) is 0 Å². The van der Waals surface area contributed by atoms with Gasteiger partial charge in [0.1, 0.15) is 0 Å². The summed E-state index contributed by atoms with van der Waals surface area (Å²) >= 11 is 0. The van der Waals surface area contributed by atoms with Gasteiger partial charge in [0.05, 0.1) is 12.1 Å². The number of likely N-dealkylation sites (N-methyl/N-ethyl adjacent to an activating group) is 1. The molecule has 6 heteroatoms. The first-order chi connectivity index (χ1) is 7.91.